The molecule has 1 aliphatic carbocycles. The zero-order valence-corrected chi connectivity index (χ0v) is 7.76. The Morgan fingerprint density at radius 2 is 2.17 bits per heavy atom. The number of sulfonamides is 1. The molecule has 0 aromatic carbocycles. The van der Waals surface area contributed by atoms with Crippen LogP contribution in [-0.2, 0) is 10.0 Å². The first-order valence-corrected chi connectivity index (χ1v) is 5.51. The predicted octanol–water partition coefficient (Wildman–Crippen LogP) is 0.370. The molecule has 0 aromatic rings. The van der Waals surface area contributed by atoms with Gasteiger partial charge in [0.15, 0.2) is 5.25 Å². The second kappa shape index (κ2) is 3.42. The van der Waals surface area contributed by atoms with Crippen LogP contribution in [0.3, 0.4) is 0 Å². The van der Waals surface area contributed by atoms with Crippen LogP contribution >= 0.6 is 0 Å². The van der Waals surface area contributed by atoms with Crippen molar-refractivity contribution in [3.05, 3.63) is 0 Å². The van der Waals surface area contributed by atoms with Gasteiger partial charge in [0.1, 0.15) is 0 Å². The summed E-state index contributed by atoms with van der Waals surface area (Å²) >= 11 is 0. The van der Waals surface area contributed by atoms with E-state index < -0.39 is 15.3 Å². The summed E-state index contributed by atoms with van der Waals surface area (Å²) in [6.07, 6.45) is 2.88. The summed E-state index contributed by atoms with van der Waals surface area (Å²) in [7, 11) is -3.38. The molecule has 0 bridgehead atoms. The van der Waals surface area contributed by atoms with Crippen LogP contribution in [0.4, 0.5) is 0 Å². The van der Waals surface area contributed by atoms with Gasteiger partial charge in [-0.3, -0.25) is 0 Å². The van der Waals surface area contributed by atoms with Crippen molar-refractivity contribution in [2.24, 2.45) is 0 Å². The predicted molar refractivity (Wildman–Crippen MR) is 44.8 cm³/mol. The fourth-order valence-electron chi connectivity index (χ4n) is 0.930. The van der Waals surface area contributed by atoms with E-state index in [0.717, 1.165) is 19.3 Å². The molecule has 0 radical (unpaired) electrons. The molecule has 0 saturated heterocycles. The Hall–Kier alpha value is -0.600. The molecular formula is C7H12N2O2S. The van der Waals surface area contributed by atoms with Crippen LogP contribution in [0.15, 0.2) is 0 Å². The minimum atomic E-state index is -3.38. The molecule has 1 rings (SSSR count). The van der Waals surface area contributed by atoms with Crippen molar-refractivity contribution >= 4 is 10.0 Å². The standard InChI is InChI=1S/C7H12N2O2S/c1-6(5-8)12(10,11)9-7-3-2-4-7/h6-7,9H,2-4H2,1H3. The van der Waals surface area contributed by atoms with Crippen molar-refractivity contribution < 1.29 is 8.42 Å². The summed E-state index contributed by atoms with van der Waals surface area (Å²) in [5.41, 5.74) is 0. The third-order valence-electron chi connectivity index (χ3n) is 2.08. The SMILES string of the molecule is CC(C#N)S(=O)(=O)NC1CCC1. The Bertz CT molecular complexity index is 287. The number of rotatable bonds is 3. The monoisotopic (exact) mass is 188 g/mol. The zero-order valence-electron chi connectivity index (χ0n) is 6.95. The van der Waals surface area contributed by atoms with E-state index in [9.17, 15) is 8.42 Å². The van der Waals surface area contributed by atoms with Crippen molar-refractivity contribution in [3.8, 4) is 6.07 Å². The molecule has 5 heteroatoms. The summed E-state index contributed by atoms with van der Waals surface area (Å²) in [6.45, 7) is 1.39. The first-order chi connectivity index (χ1) is 5.56. The summed E-state index contributed by atoms with van der Waals surface area (Å²) < 4.78 is 25.0. The van der Waals surface area contributed by atoms with E-state index in [-0.39, 0.29) is 6.04 Å². The number of nitrogens with zero attached hydrogens (tertiary/aromatic N) is 1. The minimum Gasteiger partial charge on any atom is -0.211 e. The van der Waals surface area contributed by atoms with Gasteiger partial charge in [0, 0.05) is 6.04 Å². The maximum absolute atomic E-state index is 11.2. The van der Waals surface area contributed by atoms with Crippen LogP contribution in [0.1, 0.15) is 26.2 Å². The molecule has 0 spiro atoms. The molecule has 4 nitrogen and oxygen atoms in total. The van der Waals surface area contributed by atoms with Crippen molar-refractivity contribution in [2.75, 3.05) is 0 Å². The topological polar surface area (TPSA) is 70.0 Å². The van der Waals surface area contributed by atoms with Crippen molar-refractivity contribution in [1.82, 2.24) is 4.72 Å². The van der Waals surface area contributed by atoms with Crippen molar-refractivity contribution in [1.29, 1.82) is 5.26 Å². The van der Waals surface area contributed by atoms with Crippen LogP contribution in [0.2, 0.25) is 0 Å². The lowest BCUT2D eigenvalue weighted by atomic mass is 9.94. The Labute approximate surface area is 72.6 Å². The fourth-order valence-corrected chi connectivity index (χ4v) is 1.97. The van der Waals surface area contributed by atoms with E-state index in [1.807, 2.05) is 0 Å². The highest BCUT2D eigenvalue weighted by atomic mass is 32.2. The second-order valence-corrected chi connectivity index (χ2v) is 5.09. The molecule has 1 N–H and O–H groups in total. The third-order valence-corrected chi connectivity index (χ3v) is 3.78. The number of nitrogens with one attached hydrogen (secondary N) is 1. The smallest absolute Gasteiger partial charge is 0.211 e. The van der Waals surface area contributed by atoms with Gasteiger partial charge in [0.25, 0.3) is 0 Å². The van der Waals surface area contributed by atoms with Gasteiger partial charge < -0.3 is 0 Å². The highest BCUT2D eigenvalue weighted by Gasteiger charge is 2.27. The Morgan fingerprint density at radius 1 is 1.58 bits per heavy atom. The number of nitriles is 1. The van der Waals surface area contributed by atoms with Gasteiger partial charge >= 0.3 is 0 Å². The van der Waals surface area contributed by atoms with Gasteiger partial charge in [-0.1, -0.05) is 6.42 Å². The van der Waals surface area contributed by atoms with Crippen LogP contribution in [-0.4, -0.2) is 19.7 Å². The molecule has 1 atom stereocenters. The molecule has 1 saturated carbocycles. The molecule has 0 amide bonds. The summed E-state index contributed by atoms with van der Waals surface area (Å²) in [5, 5.41) is 7.46. The maximum Gasteiger partial charge on any atom is 0.227 e. The maximum atomic E-state index is 11.2. The molecule has 0 aliphatic heterocycles. The van der Waals surface area contributed by atoms with E-state index in [2.05, 4.69) is 4.72 Å². The second-order valence-electron chi connectivity index (χ2n) is 3.06. The van der Waals surface area contributed by atoms with Crippen LogP contribution < -0.4 is 4.72 Å². The molecular weight excluding hydrogens is 176 g/mol. The van der Waals surface area contributed by atoms with E-state index >= 15 is 0 Å². The van der Waals surface area contributed by atoms with E-state index in [1.54, 1.807) is 6.07 Å². The Morgan fingerprint density at radius 3 is 2.50 bits per heavy atom. The molecule has 68 valence electrons. The van der Waals surface area contributed by atoms with Gasteiger partial charge in [0.05, 0.1) is 6.07 Å². The van der Waals surface area contributed by atoms with E-state index in [1.165, 1.54) is 6.92 Å². The first-order valence-electron chi connectivity index (χ1n) is 3.97. The van der Waals surface area contributed by atoms with Crippen molar-refractivity contribution in [2.45, 2.75) is 37.5 Å². The highest BCUT2D eigenvalue weighted by Crippen LogP contribution is 2.19. The molecule has 1 unspecified atom stereocenters. The quantitative estimate of drug-likeness (QED) is 0.695. The molecule has 1 fully saturated rings. The molecule has 0 heterocycles. The number of hydrogen-bond acceptors (Lipinski definition) is 3. The largest absolute Gasteiger partial charge is 0.227 e. The lowest BCUT2D eigenvalue weighted by Crippen LogP contribution is -2.43. The molecule has 12 heavy (non-hydrogen) atoms. The van der Waals surface area contributed by atoms with Crippen molar-refractivity contribution in [3.63, 3.8) is 0 Å². The van der Waals surface area contributed by atoms with Crippen LogP contribution in [0.25, 0.3) is 0 Å². The highest BCUT2D eigenvalue weighted by molar-refractivity contribution is 7.90. The lowest BCUT2D eigenvalue weighted by molar-refractivity contribution is 0.383. The Balaban J connectivity index is 2.54. The Kier molecular flexibility index (Phi) is 2.70. The summed E-state index contributed by atoms with van der Waals surface area (Å²) in [6, 6.07) is 1.78. The minimum absolute atomic E-state index is 0.0748. The lowest BCUT2D eigenvalue weighted by Gasteiger charge is -2.26. The van der Waals surface area contributed by atoms with Crippen LogP contribution in [0, 0.1) is 11.3 Å². The summed E-state index contributed by atoms with van der Waals surface area (Å²) in [5.74, 6) is 0. The van der Waals surface area contributed by atoms with E-state index in [0.29, 0.717) is 0 Å². The van der Waals surface area contributed by atoms with Gasteiger partial charge in [0.2, 0.25) is 10.0 Å². The van der Waals surface area contributed by atoms with Gasteiger partial charge in [-0.25, -0.2) is 13.1 Å². The van der Waals surface area contributed by atoms with E-state index in [4.69, 9.17) is 5.26 Å². The number of hydrogen-bond donors (Lipinski definition) is 1. The zero-order chi connectivity index (χ0) is 9.19. The molecule has 0 aromatic heterocycles. The molecule has 1 aliphatic rings. The van der Waals surface area contributed by atoms with Crippen LogP contribution in [0.5, 0.6) is 0 Å². The normalized spacial score (nSPS) is 21.0. The fraction of sp³-hybridized carbons (Fsp3) is 0.857. The van der Waals surface area contributed by atoms with Gasteiger partial charge in [-0.2, -0.15) is 5.26 Å². The van der Waals surface area contributed by atoms with Gasteiger partial charge in [-0.05, 0) is 19.8 Å². The first kappa shape index (κ1) is 9.49. The average Bonchev–Trinajstić information content (AvgIpc) is 1.95. The summed E-state index contributed by atoms with van der Waals surface area (Å²) in [4.78, 5) is 0. The average molecular weight is 188 g/mol. The van der Waals surface area contributed by atoms with Gasteiger partial charge in [-0.15, -0.1) is 0 Å². The third kappa shape index (κ3) is 1.96.